The molecule has 1 aromatic carbocycles. The molecule has 22 heavy (non-hydrogen) atoms. The van der Waals surface area contributed by atoms with Gasteiger partial charge in [0.2, 0.25) is 10.0 Å². The zero-order valence-corrected chi connectivity index (χ0v) is 13.7. The zero-order chi connectivity index (χ0) is 15.8. The van der Waals surface area contributed by atoms with E-state index in [9.17, 15) is 13.5 Å². The summed E-state index contributed by atoms with van der Waals surface area (Å²) in [5.74, 6) is 0.740. The first-order valence-electron chi connectivity index (χ1n) is 6.90. The van der Waals surface area contributed by atoms with Crippen LogP contribution in [0.1, 0.15) is 17.4 Å². The Morgan fingerprint density at radius 3 is 2.95 bits per heavy atom. The molecule has 2 aromatic rings. The summed E-state index contributed by atoms with van der Waals surface area (Å²) >= 11 is 1.39. The van der Waals surface area contributed by atoms with Gasteiger partial charge in [-0.05, 0) is 42.1 Å². The largest absolute Gasteiger partial charge is 0.493 e. The predicted molar refractivity (Wildman–Crippen MR) is 84.7 cm³/mol. The maximum absolute atomic E-state index is 12.4. The summed E-state index contributed by atoms with van der Waals surface area (Å²) < 4.78 is 32.6. The zero-order valence-electron chi connectivity index (χ0n) is 12.1. The Morgan fingerprint density at radius 1 is 1.41 bits per heavy atom. The van der Waals surface area contributed by atoms with E-state index >= 15 is 0 Å². The van der Waals surface area contributed by atoms with Crippen molar-refractivity contribution in [3.05, 3.63) is 46.2 Å². The number of nitrogens with one attached hydrogen (secondary N) is 1. The molecule has 0 fully saturated rings. The van der Waals surface area contributed by atoms with E-state index in [1.807, 2.05) is 11.4 Å². The number of ether oxygens (including phenoxy) is 1. The van der Waals surface area contributed by atoms with Gasteiger partial charge in [0.05, 0.1) is 11.5 Å². The van der Waals surface area contributed by atoms with Gasteiger partial charge in [-0.25, -0.2) is 13.1 Å². The van der Waals surface area contributed by atoms with Gasteiger partial charge < -0.3 is 9.84 Å². The van der Waals surface area contributed by atoms with E-state index in [2.05, 4.69) is 4.72 Å². The molecule has 3 rings (SSSR count). The van der Waals surface area contributed by atoms with E-state index in [0.717, 1.165) is 16.2 Å². The summed E-state index contributed by atoms with van der Waals surface area (Å²) in [6.07, 6.45) is 0.714. The molecule has 2 heterocycles. The van der Waals surface area contributed by atoms with E-state index in [1.165, 1.54) is 17.4 Å². The molecule has 5 nitrogen and oxygen atoms in total. The summed E-state index contributed by atoms with van der Waals surface area (Å²) in [6.45, 7) is 2.10. The van der Waals surface area contributed by atoms with E-state index in [-0.39, 0.29) is 11.4 Å². The topological polar surface area (TPSA) is 75.6 Å². The summed E-state index contributed by atoms with van der Waals surface area (Å²) in [4.78, 5) is 0.913. The maximum Gasteiger partial charge on any atom is 0.240 e. The second kappa shape index (κ2) is 5.66. The molecule has 0 saturated heterocycles. The third-order valence-electron chi connectivity index (χ3n) is 3.63. The van der Waals surface area contributed by atoms with Gasteiger partial charge in [0, 0.05) is 17.8 Å². The average Bonchev–Trinajstić information content (AvgIpc) is 3.15. The smallest absolute Gasteiger partial charge is 0.240 e. The minimum atomic E-state index is -3.67. The van der Waals surface area contributed by atoms with Crippen LogP contribution in [-0.4, -0.2) is 26.7 Å². The van der Waals surface area contributed by atoms with Crippen LogP contribution in [0.4, 0.5) is 0 Å². The highest BCUT2D eigenvalue weighted by Gasteiger charge is 2.27. The number of thiophene rings is 1. The lowest BCUT2D eigenvalue weighted by molar-refractivity contribution is 0.0666. The highest BCUT2D eigenvalue weighted by atomic mass is 32.2. The van der Waals surface area contributed by atoms with Crippen LogP contribution in [0.25, 0.3) is 0 Å². The van der Waals surface area contributed by atoms with Gasteiger partial charge in [0.25, 0.3) is 0 Å². The van der Waals surface area contributed by atoms with Crippen LogP contribution in [0.3, 0.4) is 0 Å². The molecule has 2 N–H and O–H groups in total. The molecule has 118 valence electrons. The second-order valence-corrected chi connectivity index (χ2v) is 8.16. The van der Waals surface area contributed by atoms with Crippen molar-refractivity contribution in [3.8, 4) is 5.75 Å². The third kappa shape index (κ3) is 3.03. The molecule has 0 saturated carbocycles. The molecule has 7 heteroatoms. The van der Waals surface area contributed by atoms with Crippen LogP contribution in [0.15, 0.2) is 40.6 Å². The van der Waals surface area contributed by atoms with Gasteiger partial charge in [-0.1, -0.05) is 6.07 Å². The normalized spacial score (nSPS) is 16.8. The van der Waals surface area contributed by atoms with Crippen molar-refractivity contribution in [2.24, 2.45) is 0 Å². The Balaban J connectivity index is 1.77. The van der Waals surface area contributed by atoms with Crippen molar-refractivity contribution < 1.29 is 18.3 Å². The molecule has 0 amide bonds. The lowest BCUT2D eigenvalue weighted by Gasteiger charge is -2.22. The molecule has 0 bridgehead atoms. The first-order valence-corrected chi connectivity index (χ1v) is 9.26. The number of sulfonamides is 1. The van der Waals surface area contributed by atoms with Crippen LogP contribution < -0.4 is 9.46 Å². The number of hydrogen-bond donors (Lipinski definition) is 2. The lowest BCUT2D eigenvalue weighted by Crippen LogP contribution is -2.38. The Kier molecular flexibility index (Phi) is 3.98. The average molecular weight is 339 g/mol. The van der Waals surface area contributed by atoms with E-state index in [0.29, 0.717) is 13.0 Å². The monoisotopic (exact) mass is 339 g/mol. The number of hydrogen-bond acceptors (Lipinski definition) is 5. The van der Waals surface area contributed by atoms with E-state index in [4.69, 9.17) is 4.74 Å². The quantitative estimate of drug-likeness (QED) is 0.872. The Morgan fingerprint density at radius 2 is 2.23 bits per heavy atom. The first kappa shape index (κ1) is 15.5. The van der Waals surface area contributed by atoms with Crippen molar-refractivity contribution in [1.82, 2.24) is 4.72 Å². The van der Waals surface area contributed by atoms with Crippen molar-refractivity contribution >= 4 is 21.4 Å². The van der Waals surface area contributed by atoms with Crippen LogP contribution in [-0.2, 0) is 22.0 Å². The lowest BCUT2D eigenvalue weighted by atomic mass is 10.1. The summed E-state index contributed by atoms with van der Waals surface area (Å²) in [7, 11) is -3.67. The molecule has 1 atom stereocenters. The van der Waals surface area contributed by atoms with Gasteiger partial charge in [0.1, 0.15) is 11.4 Å². The third-order valence-corrected chi connectivity index (χ3v) is 6.15. The van der Waals surface area contributed by atoms with Gasteiger partial charge in [-0.3, -0.25) is 0 Å². The highest BCUT2D eigenvalue weighted by Crippen LogP contribution is 2.28. The number of benzene rings is 1. The number of aliphatic hydroxyl groups is 1. The van der Waals surface area contributed by atoms with E-state index in [1.54, 1.807) is 25.1 Å². The number of rotatable bonds is 5. The molecular weight excluding hydrogens is 322 g/mol. The minimum Gasteiger partial charge on any atom is -0.493 e. The Hall–Kier alpha value is -1.41. The molecule has 0 aliphatic carbocycles. The van der Waals surface area contributed by atoms with Crippen LogP contribution in [0.2, 0.25) is 0 Å². The second-order valence-electron chi connectivity index (χ2n) is 5.44. The minimum absolute atomic E-state index is 0.0799. The van der Waals surface area contributed by atoms with Gasteiger partial charge in [-0.2, -0.15) is 0 Å². The number of fused-ring (bicyclic) bond motifs is 1. The van der Waals surface area contributed by atoms with Gasteiger partial charge >= 0.3 is 0 Å². The van der Waals surface area contributed by atoms with Crippen LogP contribution >= 0.6 is 11.3 Å². The molecule has 1 aliphatic rings. The first-order chi connectivity index (χ1) is 10.4. The summed E-state index contributed by atoms with van der Waals surface area (Å²) in [5, 5.41) is 12.2. The van der Waals surface area contributed by atoms with Crippen LogP contribution in [0.5, 0.6) is 5.75 Å². The molecule has 1 aromatic heterocycles. The van der Waals surface area contributed by atoms with Crippen molar-refractivity contribution in [1.29, 1.82) is 0 Å². The highest BCUT2D eigenvalue weighted by molar-refractivity contribution is 7.89. The van der Waals surface area contributed by atoms with E-state index < -0.39 is 15.6 Å². The Labute approximate surface area is 133 Å². The molecule has 0 radical (unpaired) electrons. The van der Waals surface area contributed by atoms with Gasteiger partial charge in [-0.15, -0.1) is 11.3 Å². The van der Waals surface area contributed by atoms with Gasteiger partial charge in [0.15, 0.2) is 0 Å². The molecule has 0 spiro atoms. The SMILES string of the molecule is C[C@](O)(CNS(=O)(=O)c1ccc2c(c1)CCO2)c1cccs1. The predicted octanol–water partition coefficient (Wildman–Crippen LogP) is 1.87. The molecule has 0 unspecified atom stereocenters. The van der Waals surface area contributed by atoms with Crippen molar-refractivity contribution in [3.63, 3.8) is 0 Å². The van der Waals surface area contributed by atoms with Crippen LogP contribution in [0, 0.1) is 0 Å². The standard InChI is InChI=1S/C15H17NO4S2/c1-15(17,14-3-2-8-21-14)10-16-22(18,19)12-4-5-13-11(9-12)6-7-20-13/h2-5,8-9,16-17H,6-7,10H2,1H3/t15-/m0/s1. The molecule has 1 aliphatic heterocycles. The molecular formula is C15H17NO4S2. The summed E-state index contributed by atoms with van der Waals surface area (Å²) in [6, 6.07) is 8.43. The van der Waals surface area contributed by atoms with Crippen molar-refractivity contribution in [2.75, 3.05) is 13.2 Å². The van der Waals surface area contributed by atoms with Crippen molar-refractivity contribution in [2.45, 2.75) is 23.8 Å². The fraction of sp³-hybridized carbons (Fsp3) is 0.333. The fourth-order valence-corrected chi connectivity index (χ4v) is 4.29. The summed E-state index contributed by atoms with van der Waals surface area (Å²) in [5.41, 5.74) is -0.339. The Bertz CT molecular complexity index is 767. The fourth-order valence-electron chi connectivity index (χ4n) is 2.32. The maximum atomic E-state index is 12.4.